The lowest BCUT2D eigenvalue weighted by atomic mass is 10.1. The molecule has 0 radical (unpaired) electrons. The summed E-state index contributed by atoms with van der Waals surface area (Å²) < 4.78 is 4.61. The van der Waals surface area contributed by atoms with E-state index in [1.807, 2.05) is 97.1 Å². The predicted octanol–water partition coefficient (Wildman–Crippen LogP) is 13.2. The molecule has 7 nitrogen and oxygen atoms in total. The van der Waals surface area contributed by atoms with E-state index in [-0.39, 0.29) is 0 Å². The van der Waals surface area contributed by atoms with Crippen molar-refractivity contribution in [3.63, 3.8) is 0 Å². The lowest BCUT2D eigenvalue weighted by Gasteiger charge is -2.16. The minimum Gasteiger partial charge on any atom is -0.306 e. The minimum absolute atomic E-state index is 0.535. The molecule has 0 aliphatic rings. The van der Waals surface area contributed by atoms with Gasteiger partial charge in [0.15, 0.2) is 17.5 Å². The maximum atomic E-state index is 5.31. The van der Waals surface area contributed by atoms with Gasteiger partial charge in [-0.15, -0.1) is 0 Å². The number of para-hydroxylation sites is 3. The zero-order valence-electron chi connectivity index (χ0n) is 33.3. The highest BCUT2D eigenvalue weighted by molar-refractivity contribution is 6.24. The second kappa shape index (κ2) is 14.6. The third-order valence-electron chi connectivity index (χ3n) is 11.6. The van der Waals surface area contributed by atoms with Crippen LogP contribution in [0.3, 0.4) is 0 Å². The fourth-order valence-corrected chi connectivity index (χ4v) is 8.80. The molecule has 0 atom stereocenters. The molecule has 4 aromatic heterocycles. The molecule has 0 saturated carbocycles. The summed E-state index contributed by atoms with van der Waals surface area (Å²) in [6.45, 7) is 0. The first kappa shape index (κ1) is 35.4. The Morgan fingerprint density at radius 1 is 0.290 bits per heavy atom. The van der Waals surface area contributed by atoms with Gasteiger partial charge in [-0.25, -0.2) is 15.0 Å². The normalized spacial score (nSPS) is 11.5. The van der Waals surface area contributed by atoms with Crippen molar-refractivity contribution in [1.29, 1.82) is 0 Å². The SMILES string of the molecule is c1ccc(-c2cc(-c3ccccc3)nc(-c3ccccc3-n3c4ccccc4c4ccc5c6ccccc6n(-c6nc(-c7ccccc7)nc(-c7ccccc7)n6)c5c43)n2)cc1. The van der Waals surface area contributed by atoms with Crippen LogP contribution in [0.1, 0.15) is 0 Å². The van der Waals surface area contributed by atoms with Crippen molar-refractivity contribution in [2.75, 3.05) is 0 Å². The molecule has 4 heterocycles. The van der Waals surface area contributed by atoms with Crippen LogP contribution in [0.15, 0.2) is 212 Å². The smallest absolute Gasteiger partial charge is 0.238 e. The van der Waals surface area contributed by atoms with E-state index in [2.05, 4.69) is 124 Å². The lowest BCUT2D eigenvalue weighted by Crippen LogP contribution is -2.07. The molecule has 0 fully saturated rings. The summed E-state index contributed by atoms with van der Waals surface area (Å²) in [4.78, 5) is 26.3. The van der Waals surface area contributed by atoms with Crippen molar-refractivity contribution in [3.05, 3.63) is 212 Å². The van der Waals surface area contributed by atoms with Crippen molar-refractivity contribution in [1.82, 2.24) is 34.1 Å². The molecule has 0 saturated heterocycles. The molecule has 12 aromatic rings. The van der Waals surface area contributed by atoms with Gasteiger partial charge < -0.3 is 4.57 Å². The second-order valence-corrected chi connectivity index (χ2v) is 15.3. The van der Waals surface area contributed by atoms with E-state index in [4.69, 9.17) is 24.9 Å². The number of hydrogen-bond donors (Lipinski definition) is 0. The Kier molecular flexibility index (Phi) is 8.35. The van der Waals surface area contributed by atoms with Gasteiger partial charge in [0.1, 0.15) is 0 Å². The summed E-state index contributed by atoms with van der Waals surface area (Å²) in [6, 6.07) is 73.1. The molecule has 0 bridgehead atoms. The van der Waals surface area contributed by atoms with Crippen LogP contribution in [0.5, 0.6) is 0 Å². The number of nitrogens with zero attached hydrogens (tertiary/aromatic N) is 7. The van der Waals surface area contributed by atoms with Crippen molar-refractivity contribution in [2.45, 2.75) is 0 Å². The van der Waals surface area contributed by atoms with Gasteiger partial charge in [0.2, 0.25) is 5.95 Å². The molecule has 7 heteroatoms. The monoisotopic (exact) mass is 793 g/mol. The van der Waals surface area contributed by atoms with Crippen LogP contribution in [0, 0.1) is 0 Å². The molecule has 0 aliphatic heterocycles. The molecule has 0 N–H and O–H groups in total. The molecule has 8 aromatic carbocycles. The average molecular weight is 794 g/mol. The molecule has 0 amide bonds. The van der Waals surface area contributed by atoms with E-state index in [1.54, 1.807) is 0 Å². The average Bonchev–Trinajstić information content (AvgIpc) is 3.88. The van der Waals surface area contributed by atoms with Crippen LogP contribution in [0.2, 0.25) is 0 Å². The van der Waals surface area contributed by atoms with Crippen LogP contribution in [0.4, 0.5) is 0 Å². The first-order valence-corrected chi connectivity index (χ1v) is 20.7. The lowest BCUT2D eigenvalue weighted by molar-refractivity contribution is 0.953. The van der Waals surface area contributed by atoms with Crippen molar-refractivity contribution < 1.29 is 0 Å². The molecule has 62 heavy (non-hydrogen) atoms. The number of hydrogen-bond acceptors (Lipinski definition) is 5. The van der Waals surface area contributed by atoms with Crippen molar-refractivity contribution in [2.24, 2.45) is 0 Å². The highest BCUT2D eigenvalue weighted by Crippen LogP contribution is 2.43. The molecule has 290 valence electrons. The number of benzene rings is 8. The Morgan fingerprint density at radius 3 is 1.24 bits per heavy atom. The minimum atomic E-state index is 0.535. The summed E-state index contributed by atoms with van der Waals surface area (Å²) in [5.41, 5.74) is 11.5. The molecule has 0 unspecified atom stereocenters. The summed E-state index contributed by atoms with van der Waals surface area (Å²) in [6.07, 6.45) is 0. The molecular formula is C55H35N7. The van der Waals surface area contributed by atoms with E-state index in [0.29, 0.717) is 23.4 Å². The largest absolute Gasteiger partial charge is 0.306 e. The summed E-state index contributed by atoms with van der Waals surface area (Å²) in [5, 5.41) is 4.43. The van der Waals surface area contributed by atoms with Gasteiger partial charge in [-0.1, -0.05) is 182 Å². The second-order valence-electron chi connectivity index (χ2n) is 15.3. The van der Waals surface area contributed by atoms with Crippen LogP contribution in [-0.2, 0) is 0 Å². The van der Waals surface area contributed by atoms with Crippen LogP contribution in [0.25, 0.3) is 112 Å². The topological polar surface area (TPSA) is 74.3 Å². The molecular weight excluding hydrogens is 759 g/mol. The number of aromatic nitrogens is 7. The van der Waals surface area contributed by atoms with Gasteiger partial charge in [0.25, 0.3) is 0 Å². The Morgan fingerprint density at radius 2 is 0.710 bits per heavy atom. The Labute approximate surface area is 356 Å². The van der Waals surface area contributed by atoms with Gasteiger partial charge in [-0.3, -0.25) is 4.57 Å². The fraction of sp³-hybridized carbons (Fsp3) is 0. The number of rotatable bonds is 7. The van der Waals surface area contributed by atoms with Crippen LogP contribution >= 0.6 is 0 Å². The zero-order valence-corrected chi connectivity index (χ0v) is 33.3. The maximum absolute atomic E-state index is 5.31. The van der Waals surface area contributed by atoms with Gasteiger partial charge >= 0.3 is 0 Å². The summed E-state index contributed by atoms with van der Waals surface area (Å²) >= 11 is 0. The van der Waals surface area contributed by atoms with E-state index >= 15 is 0 Å². The first-order valence-electron chi connectivity index (χ1n) is 20.7. The van der Waals surface area contributed by atoms with E-state index in [1.165, 1.54) is 0 Å². The third kappa shape index (κ3) is 5.86. The third-order valence-corrected chi connectivity index (χ3v) is 11.6. The fourth-order valence-electron chi connectivity index (χ4n) is 8.80. The Hall–Kier alpha value is -8.55. The number of fused-ring (bicyclic) bond motifs is 7. The maximum Gasteiger partial charge on any atom is 0.238 e. The van der Waals surface area contributed by atoms with Gasteiger partial charge in [0, 0.05) is 49.4 Å². The molecule has 12 rings (SSSR count). The summed E-state index contributed by atoms with van der Waals surface area (Å²) in [5.74, 6) is 2.37. The first-order chi connectivity index (χ1) is 30.8. The van der Waals surface area contributed by atoms with E-state index in [0.717, 1.165) is 88.5 Å². The van der Waals surface area contributed by atoms with Crippen LogP contribution in [-0.4, -0.2) is 34.1 Å². The van der Waals surface area contributed by atoms with Gasteiger partial charge in [-0.2, -0.15) is 9.97 Å². The molecule has 0 aliphatic carbocycles. The highest BCUT2D eigenvalue weighted by Gasteiger charge is 2.25. The van der Waals surface area contributed by atoms with Crippen molar-refractivity contribution in [3.8, 4) is 68.3 Å². The summed E-state index contributed by atoms with van der Waals surface area (Å²) in [7, 11) is 0. The zero-order chi connectivity index (χ0) is 41.0. The van der Waals surface area contributed by atoms with Gasteiger partial charge in [-0.05, 0) is 30.3 Å². The Bertz CT molecular complexity index is 3500. The standard InChI is InChI=1S/C55H35N7/c1-5-19-36(20-6-1)45-35-46(37-21-7-2-8-22-37)57-54(56-45)44-29-15-18-32-49(44)61-47-30-16-13-27-40(47)42-33-34-43-41-28-14-17-31-48(41)62(51(43)50(42)61)55-59-52(38-23-9-3-10-24-38)58-53(60-55)39-25-11-4-12-26-39/h1-35H. The van der Waals surface area contributed by atoms with Crippen molar-refractivity contribution >= 4 is 43.6 Å². The molecule has 0 spiro atoms. The quantitative estimate of drug-likeness (QED) is 0.161. The van der Waals surface area contributed by atoms with Crippen LogP contribution < -0.4 is 0 Å². The predicted molar refractivity (Wildman–Crippen MR) is 251 cm³/mol. The van der Waals surface area contributed by atoms with E-state index in [9.17, 15) is 0 Å². The van der Waals surface area contributed by atoms with Gasteiger partial charge in [0.05, 0.1) is 39.1 Å². The Balaban J connectivity index is 1.19. The van der Waals surface area contributed by atoms with E-state index < -0.39 is 0 Å². The highest BCUT2D eigenvalue weighted by atomic mass is 15.2.